The lowest BCUT2D eigenvalue weighted by atomic mass is 10.1. The zero-order valence-corrected chi connectivity index (χ0v) is 15.2. The van der Waals surface area contributed by atoms with E-state index in [2.05, 4.69) is 15.6 Å². The Labute approximate surface area is 156 Å². The minimum absolute atomic E-state index is 0.00276. The first kappa shape index (κ1) is 18.1. The summed E-state index contributed by atoms with van der Waals surface area (Å²) in [6, 6.07) is 11.8. The first-order valence-electron chi connectivity index (χ1n) is 8.64. The number of para-hydroxylation sites is 1. The monoisotopic (exact) mass is 367 g/mol. The molecular weight excluding hydrogens is 346 g/mol. The molecule has 0 spiro atoms. The Hall–Kier alpha value is -2.73. The maximum absolute atomic E-state index is 11.9. The third-order valence-electron chi connectivity index (χ3n) is 4.08. The Balaban J connectivity index is 1.36. The predicted octanol–water partition coefficient (Wildman–Crippen LogP) is 3.17. The van der Waals surface area contributed by atoms with Gasteiger partial charge in [0.15, 0.2) is 0 Å². The maximum atomic E-state index is 11.9. The van der Waals surface area contributed by atoms with Crippen LogP contribution >= 0.6 is 11.3 Å². The van der Waals surface area contributed by atoms with Crippen molar-refractivity contribution in [3.63, 3.8) is 0 Å². The van der Waals surface area contributed by atoms with Crippen molar-refractivity contribution >= 4 is 34.1 Å². The van der Waals surface area contributed by atoms with E-state index < -0.39 is 0 Å². The number of amides is 2. The van der Waals surface area contributed by atoms with Crippen LogP contribution in [0.25, 0.3) is 10.9 Å². The van der Waals surface area contributed by atoms with Crippen molar-refractivity contribution in [1.29, 1.82) is 0 Å². The Kier molecular flexibility index (Phi) is 6.33. The number of pyridine rings is 1. The Morgan fingerprint density at radius 2 is 1.92 bits per heavy atom. The van der Waals surface area contributed by atoms with Gasteiger partial charge in [-0.3, -0.25) is 14.6 Å². The Morgan fingerprint density at radius 3 is 2.77 bits per heavy atom. The van der Waals surface area contributed by atoms with Crippen molar-refractivity contribution in [3.05, 3.63) is 64.5 Å². The number of nitrogens with one attached hydrogen (secondary N) is 2. The average molecular weight is 367 g/mol. The summed E-state index contributed by atoms with van der Waals surface area (Å²) in [6.45, 7) is 1.07. The van der Waals surface area contributed by atoms with Crippen molar-refractivity contribution in [2.45, 2.75) is 19.3 Å². The fraction of sp³-hybridized carbons (Fsp3) is 0.250. The molecule has 0 fully saturated rings. The highest BCUT2D eigenvalue weighted by Gasteiger charge is 2.06. The molecule has 2 aromatic heterocycles. The second kappa shape index (κ2) is 9.10. The highest BCUT2D eigenvalue weighted by molar-refractivity contribution is 7.08. The minimum Gasteiger partial charge on any atom is -0.356 e. The van der Waals surface area contributed by atoms with Crippen LogP contribution in [-0.2, 0) is 11.2 Å². The lowest BCUT2D eigenvalue weighted by molar-refractivity contribution is -0.121. The minimum atomic E-state index is -0.0879. The van der Waals surface area contributed by atoms with Crippen LogP contribution in [0, 0.1) is 0 Å². The molecule has 0 unspecified atom stereocenters. The molecule has 3 aromatic rings. The largest absolute Gasteiger partial charge is 0.356 e. The SMILES string of the molecule is O=C(CCCNC(=O)c1ccsc1)NCCc1cccc2cccnc12. The van der Waals surface area contributed by atoms with Gasteiger partial charge in [0.1, 0.15) is 0 Å². The first-order valence-corrected chi connectivity index (χ1v) is 9.58. The van der Waals surface area contributed by atoms with Gasteiger partial charge in [-0.2, -0.15) is 11.3 Å². The fourth-order valence-corrected chi connectivity index (χ4v) is 3.38. The molecule has 0 saturated carbocycles. The number of hydrogen-bond acceptors (Lipinski definition) is 4. The van der Waals surface area contributed by atoms with Gasteiger partial charge in [0.05, 0.1) is 5.52 Å². The molecule has 26 heavy (non-hydrogen) atoms. The molecule has 0 atom stereocenters. The van der Waals surface area contributed by atoms with E-state index in [1.54, 1.807) is 12.3 Å². The summed E-state index contributed by atoms with van der Waals surface area (Å²) in [5.74, 6) is -0.0851. The molecule has 0 saturated heterocycles. The molecule has 0 aliphatic carbocycles. The van der Waals surface area contributed by atoms with Crippen LogP contribution in [0.5, 0.6) is 0 Å². The number of carbonyl (C=O) groups excluding carboxylic acids is 2. The number of carbonyl (C=O) groups is 2. The van der Waals surface area contributed by atoms with Gasteiger partial charge in [-0.05, 0) is 35.9 Å². The summed E-state index contributed by atoms with van der Waals surface area (Å²) < 4.78 is 0. The summed E-state index contributed by atoms with van der Waals surface area (Å²) in [6.07, 6.45) is 3.55. The average Bonchev–Trinajstić information content (AvgIpc) is 3.20. The third kappa shape index (κ3) is 4.89. The third-order valence-corrected chi connectivity index (χ3v) is 4.77. The van der Waals surface area contributed by atoms with Crippen molar-refractivity contribution < 1.29 is 9.59 Å². The highest BCUT2D eigenvalue weighted by Crippen LogP contribution is 2.16. The van der Waals surface area contributed by atoms with Crippen molar-refractivity contribution in [3.8, 4) is 0 Å². The van der Waals surface area contributed by atoms with Crippen LogP contribution in [0.15, 0.2) is 53.4 Å². The molecule has 3 rings (SSSR count). The molecule has 1 aromatic carbocycles. The van der Waals surface area contributed by atoms with Crippen LogP contribution in [0.2, 0.25) is 0 Å². The van der Waals surface area contributed by atoms with Crippen LogP contribution in [0.3, 0.4) is 0 Å². The molecule has 2 heterocycles. The summed E-state index contributed by atoms with van der Waals surface area (Å²) in [5, 5.41) is 10.5. The zero-order chi connectivity index (χ0) is 18.2. The van der Waals surface area contributed by atoms with Gasteiger partial charge in [0.25, 0.3) is 5.91 Å². The summed E-state index contributed by atoms with van der Waals surface area (Å²) in [4.78, 5) is 28.1. The number of aromatic nitrogens is 1. The van der Waals surface area contributed by atoms with E-state index in [9.17, 15) is 9.59 Å². The van der Waals surface area contributed by atoms with E-state index in [0.29, 0.717) is 31.5 Å². The van der Waals surface area contributed by atoms with Gasteiger partial charge in [-0.1, -0.05) is 24.3 Å². The molecule has 6 heteroatoms. The van der Waals surface area contributed by atoms with E-state index in [0.717, 1.165) is 22.9 Å². The fourth-order valence-electron chi connectivity index (χ4n) is 2.74. The second-order valence-corrected chi connectivity index (χ2v) is 6.74. The lowest BCUT2D eigenvalue weighted by Gasteiger charge is -2.08. The molecular formula is C20H21N3O2S. The van der Waals surface area contributed by atoms with Gasteiger partial charge in [-0.15, -0.1) is 0 Å². The van der Waals surface area contributed by atoms with Gasteiger partial charge in [-0.25, -0.2) is 0 Å². The Bertz CT molecular complexity index is 872. The van der Waals surface area contributed by atoms with Gasteiger partial charge in [0.2, 0.25) is 5.91 Å². The maximum Gasteiger partial charge on any atom is 0.252 e. The number of thiophene rings is 1. The van der Waals surface area contributed by atoms with Crippen molar-refractivity contribution in [2.24, 2.45) is 0 Å². The molecule has 2 N–H and O–H groups in total. The van der Waals surface area contributed by atoms with Crippen LogP contribution in [0.4, 0.5) is 0 Å². The predicted molar refractivity (Wildman–Crippen MR) is 104 cm³/mol. The lowest BCUT2D eigenvalue weighted by Crippen LogP contribution is -2.28. The van der Waals surface area contributed by atoms with Crippen LogP contribution < -0.4 is 10.6 Å². The van der Waals surface area contributed by atoms with E-state index >= 15 is 0 Å². The highest BCUT2D eigenvalue weighted by atomic mass is 32.1. The van der Waals surface area contributed by atoms with Crippen LogP contribution in [-0.4, -0.2) is 29.9 Å². The van der Waals surface area contributed by atoms with E-state index in [1.807, 2.05) is 41.1 Å². The number of hydrogen-bond donors (Lipinski definition) is 2. The quantitative estimate of drug-likeness (QED) is 0.601. The van der Waals surface area contributed by atoms with Gasteiger partial charge in [0, 0.05) is 42.0 Å². The van der Waals surface area contributed by atoms with Crippen molar-refractivity contribution in [1.82, 2.24) is 15.6 Å². The van der Waals surface area contributed by atoms with E-state index in [4.69, 9.17) is 0 Å². The molecule has 0 aliphatic heterocycles. The van der Waals surface area contributed by atoms with Gasteiger partial charge >= 0.3 is 0 Å². The molecule has 0 radical (unpaired) electrons. The zero-order valence-electron chi connectivity index (χ0n) is 14.4. The summed E-state index contributed by atoms with van der Waals surface area (Å²) in [5.41, 5.74) is 2.79. The van der Waals surface area contributed by atoms with Crippen molar-refractivity contribution in [2.75, 3.05) is 13.1 Å². The van der Waals surface area contributed by atoms with Gasteiger partial charge < -0.3 is 10.6 Å². The molecule has 5 nitrogen and oxygen atoms in total. The summed E-state index contributed by atoms with van der Waals surface area (Å²) in [7, 11) is 0. The number of rotatable bonds is 8. The molecule has 0 bridgehead atoms. The normalized spacial score (nSPS) is 10.6. The van der Waals surface area contributed by atoms with Crippen LogP contribution in [0.1, 0.15) is 28.8 Å². The smallest absolute Gasteiger partial charge is 0.252 e. The Morgan fingerprint density at radius 1 is 1.04 bits per heavy atom. The first-order chi connectivity index (χ1) is 12.7. The topological polar surface area (TPSA) is 71.1 Å². The second-order valence-electron chi connectivity index (χ2n) is 5.96. The molecule has 134 valence electrons. The summed E-state index contributed by atoms with van der Waals surface area (Å²) >= 11 is 1.49. The number of nitrogens with zero attached hydrogens (tertiary/aromatic N) is 1. The molecule has 0 aliphatic rings. The molecule has 2 amide bonds. The number of fused-ring (bicyclic) bond motifs is 1. The number of benzene rings is 1. The standard InChI is InChI=1S/C20H21N3O2S/c24-18(7-3-11-23-20(25)17-9-13-26-14-17)21-12-8-16-5-1-4-15-6-2-10-22-19(15)16/h1-2,4-6,9-10,13-14H,3,7-8,11-12H2,(H,21,24)(H,23,25). The van der Waals surface area contributed by atoms with E-state index in [1.165, 1.54) is 11.3 Å². The van der Waals surface area contributed by atoms with E-state index in [-0.39, 0.29) is 11.8 Å².